The van der Waals surface area contributed by atoms with E-state index in [1.807, 2.05) is 0 Å². The molecule has 2 aromatic heterocycles. The number of aryl methyl sites for hydroxylation is 2. The van der Waals surface area contributed by atoms with Crippen LogP contribution >= 0.6 is 0 Å². The van der Waals surface area contributed by atoms with E-state index in [-0.39, 0.29) is 24.4 Å². The summed E-state index contributed by atoms with van der Waals surface area (Å²) in [6.45, 7) is 1.81. The second-order valence-corrected chi connectivity index (χ2v) is 6.10. The summed E-state index contributed by atoms with van der Waals surface area (Å²) in [4.78, 5) is 10.4. The van der Waals surface area contributed by atoms with Gasteiger partial charge in [0.1, 0.15) is 10.7 Å². The summed E-state index contributed by atoms with van der Waals surface area (Å²) in [5.41, 5.74) is 0.467. The lowest BCUT2D eigenvalue weighted by Crippen LogP contribution is -2.23. The zero-order valence-electron chi connectivity index (χ0n) is 11.2. The van der Waals surface area contributed by atoms with E-state index in [1.165, 1.54) is 10.9 Å². The fourth-order valence-corrected chi connectivity index (χ4v) is 2.52. The highest BCUT2D eigenvalue weighted by Crippen LogP contribution is 2.09. The molecule has 2 rings (SSSR count). The van der Waals surface area contributed by atoms with Gasteiger partial charge >= 0.3 is 5.97 Å². The maximum atomic E-state index is 12.0. The molecule has 21 heavy (non-hydrogen) atoms. The SMILES string of the molecule is Cc1cc(CNS(=O)(=O)c2cnn(CCC(=O)O)c2)no1. The Labute approximate surface area is 120 Å². The van der Waals surface area contributed by atoms with Crippen LogP contribution in [-0.2, 0) is 27.9 Å². The molecular weight excluding hydrogens is 300 g/mol. The van der Waals surface area contributed by atoms with Gasteiger partial charge in [-0.25, -0.2) is 13.1 Å². The van der Waals surface area contributed by atoms with E-state index >= 15 is 0 Å². The summed E-state index contributed by atoms with van der Waals surface area (Å²) >= 11 is 0. The van der Waals surface area contributed by atoms with Crippen molar-refractivity contribution in [2.45, 2.75) is 31.3 Å². The van der Waals surface area contributed by atoms with Crippen molar-refractivity contribution in [3.05, 3.63) is 29.9 Å². The van der Waals surface area contributed by atoms with Gasteiger partial charge in [-0.15, -0.1) is 0 Å². The molecule has 0 spiro atoms. The van der Waals surface area contributed by atoms with E-state index in [2.05, 4.69) is 15.0 Å². The number of sulfonamides is 1. The number of aliphatic carboxylic acids is 1. The summed E-state index contributed by atoms with van der Waals surface area (Å²) in [5.74, 6) is -0.389. The molecule has 9 nitrogen and oxygen atoms in total. The highest BCUT2D eigenvalue weighted by Gasteiger charge is 2.17. The monoisotopic (exact) mass is 314 g/mol. The summed E-state index contributed by atoms with van der Waals surface area (Å²) in [7, 11) is -3.73. The van der Waals surface area contributed by atoms with Crippen LogP contribution in [0, 0.1) is 6.92 Å². The van der Waals surface area contributed by atoms with Crippen molar-refractivity contribution in [1.82, 2.24) is 19.7 Å². The normalized spacial score (nSPS) is 11.7. The van der Waals surface area contributed by atoms with E-state index in [0.29, 0.717) is 11.5 Å². The van der Waals surface area contributed by atoms with Crippen LogP contribution in [-0.4, -0.2) is 34.4 Å². The second kappa shape index (κ2) is 6.06. The molecule has 0 aromatic carbocycles. The first-order chi connectivity index (χ1) is 9.87. The Kier molecular flexibility index (Phi) is 4.38. The molecule has 0 bridgehead atoms. The van der Waals surface area contributed by atoms with Crippen molar-refractivity contribution in [1.29, 1.82) is 0 Å². The van der Waals surface area contributed by atoms with Gasteiger partial charge < -0.3 is 9.63 Å². The minimum atomic E-state index is -3.73. The maximum absolute atomic E-state index is 12.0. The number of aromatic nitrogens is 3. The highest BCUT2D eigenvalue weighted by atomic mass is 32.2. The van der Waals surface area contributed by atoms with Gasteiger partial charge in [-0.05, 0) is 6.92 Å². The third-order valence-corrected chi connectivity index (χ3v) is 3.95. The van der Waals surface area contributed by atoms with E-state index in [0.717, 1.165) is 6.20 Å². The van der Waals surface area contributed by atoms with Crippen LogP contribution in [0.25, 0.3) is 0 Å². The molecule has 0 fully saturated rings. The molecule has 2 aromatic rings. The van der Waals surface area contributed by atoms with Gasteiger partial charge in [0.25, 0.3) is 0 Å². The van der Waals surface area contributed by atoms with Crippen molar-refractivity contribution in [3.8, 4) is 0 Å². The molecule has 0 aliphatic heterocycles. The average Bonchev–Trinajstić information content (AvgIpc) is 3.03. The van der Waals surface area contributed by atoms with Gasteiger partial charge in [0.05, 0.1) is 31.4 Å². The maximum Gasteiger partial charge on any atom is 0.305 e. The minimum Gasteiger partial charge on any atom is -0.481 e. The van der Waals surface area contributed by atoms with Gasteiger partial charge in [0.2, 0.25) is 10.0 Å². The Balaban J connectivity index is 2.00. The molecule has 0 radical (unpaired) electrons. The molecular formula is C11H14N4O5S. The van der Waals surface area contributed by atoms with Crippen molar-refractivity contribution >= 4 is 16.0 Å². The Morgan fingerprint density at radius 3 is 2.90 bits per heavy atom. The number of carbonyl (C=O) groups is 1. The van der Waals surface area contributed by atoms with Crippen LogP contribution in [0.2, 0.25) is 0 Å². The van der Waals surface area contributed by atoms with E-state index < -0.39 is 16.0 Å². The van der Waals surface area contributed by atoms with Gasteiger partial charge in [0, 0.05) is 12.3 Å². The Morgan fingerprint density at radius 2 is 2.29 bits per heavy atom. The molecule has 114 valence electrons. The number of nitrogens with one attached hydrogen (secondary N) is 1. The lowest BCUT2D eigenvalue weighted by atomic mass is 10.4. The smallest absolute Gasteiger partial charge is 0.305 e. The van der Waals surface area contributed by atoms with Crippen LogP contribution in [0.3, 0.4) is 0 Å². The van der Waals surface area contributed by atoms with Crippen molar-refractivity contribution in [2.75, 3.05) is 0 Å². The number of nitrogens with zero attached hydrogens (tertiary/aromatic N) is 3. The van der Waals surface area contributed by atoms with Gasteiger partial charge in [0.15, 0.2) is 0 Å². The van der Waals surface area contributed by atoms with Crippen molar-refractivity contribution < 1.29 is 22.8 Å². The minimum absolute atomic E-state index is 0.0000206. The fourth-order valence-electron chi connectivity index (χ4n) is 1.57. The lowest BCUT2D eigenvalue weighted by Gasteiger charge is -2.01. The van der Waals surface area contributed by atoms with E-state index in [1.54, 1.807) is 13.0 Å². The summed E-state index contributed by atoms with van der Waals surface area (Å²) in [6.07, 6.45) is 2.31. The summed E-state index contributed by atoms with van der Waals surface area (Å²) in [5, 5.41) is 16.1. The fraction of sp³-hybridized carbons (Fsp3) is 0.364. The van der Waals surface area contributed by atoms with Gasteiger partial charge in [-0.3, -0.25) is 9.48 Å². The predicted octanol–water partition coefficient (Wildman–Crippen LogP) is 0.133. The third-order valence-electron chi connectivity index (χ3n) is 2.59. The quantitative estimate of drug-likeness (QED) is 0.743. The van der Waals surface area contributed by atoms with Crippen LogP contribution in [0.4, 0.5) is 0 Å². The summed E-state index contributed by atoms with van der Waals surface area (Å²) in [6, 6.07) is 1.62. The van der Waals surface area contributed by atoms with Crippen LogP contribution < -0.4 is 4.72 Å². The molecule has 0 saturated carbocycles. The first-order valence-corrected chi connectivity index (χ1v) is 7.51. The summed E-state index contributed by atoms with van der Waals surface area (Å²) < 4.78 is 32.5. The number of hydrogen-bond acceptors (Lipinski definition) is 6. The van der Waals surface area contributed by atoms with Crippen LogP contribution in [0.1, 0.15) is 17.9 Å². The molecule has 2 heterocycles. The molecule has 0 unspecified atom stereocenters. The highest BCUT2D eigenvalue weighted by molar-refractivity contribution is 7.89. The molecule has 10 heteroatoms. The molecule has 0 aliphatic rings. The molecule has 0 saturated heterocycles. The topological polar surface area (TPSA) is 127 Å². The Hall–Kier alpha value is -2.20. The molecule has 0 atom stereocenters. The molecule has 0 amide bonds. The number of carboxylic acids is 1. The predicted molar refractivity (Wildman–Crippen MR) is 69.7 cm³/mol. The zero-order chi connectivity index (χ0) is 15.5. The lowest BCUT2D eigenvalue weighted by molar-refractivity contribution is -0.137. The van der Waals surface area contributed by atoms with Crippen LogP contribution in [0.15, 0.2) is 27.9 Å². The number of rotatable bonds is 7. The van der Waals surface area contributed by atoms with Crippen molar-refractivity contribution in [3.63, 3.8) is 0 Å². The number of carboxylic acid groups (broad SMARTS) is 1. The molecule has 2 N–H and O–H groups in total. The first-order valence-electron chi connectivity index (χ1n) is 6.03. The largest absolute Gasteiger partial charge is 0.481 e. The third kappa shape index (κ3) is 4.13. The zero-order valence-corrected chi connectivity index (χ0v) is 12.0. The Bertz CT molecular complexity index is 733. The molecule has 0 aliphatic carbocycles. The number of hydrogen-bond donors (Lipinski definition) is 2. The van der Waals surface area contributed by atoms with E-state index in [4.69, 9.17) is 9.63 Å². The first kappa shape index (κ1) is 15.2. The van der Waals surface area contributed by atoms with Gasteiger partial charge in [-0.2, -0.15) is 5.10 Å². The average molecular weight is 314 g/mol. The standard InChI is InChI=1S/C11H14N4O5S/c1-8-4-9(14-20-8)5-13-21(18,19)10-6-12-15(7-10)3-2-11(16)17/h4,6-7,13H,2-3,5H2,1H3,(H,16,17). The second-order valence-electron chi connectivity index (χ2n) is 4.34. The van der Waals surface area contributed by atoms with E-state index in [9.17, 15) is 13.2 Å². The van der Waals surface area contributed by atoms with Crippen LogP contribution in [0.5, 0.6) is 0 Å². The Morgan fingerprint density at radius 1 is 1.52 bits per heavy atom. The van der Waals surface area contributed by atoms with Crippen molar-refractivity contribution in [2.24, 2.45) is 0 Å². The van der Waals surface area contributed by atoms with Gasteiger partial charge in [-0.1, -0.05) is 5.16 Å².